The summed E-state index contributed by atoms with van der Waals surface area (Å²) in [7, 11) is 3.63. The molecule has 1 atom stereocenters. The van der Waals surface area contributed by atoms with Gasteiger partial charge in [-0.25, -0.2) is 0 Å². The molecule has 6 nitrogen and oxygen atoms in total. The number of aliphatic hydroxyl groups excluding tert-OH is 1. The molecule has 0 heterocycles. The zero-order valence-corrected chi connectivity index (χ0v) is 19.7. The van der Waals surface area contributed by atoms with Crippen LogP contribution < -0.4 is 10.4 Å². The number of aliphatic hydroxyl groups is 1. The summed E-state index contributed by atoms with van der Waals surface area (Å²) in [5, 5.41) is 23.4. The predicted molar refractivity (Wildman–Crippen MR) is 121 cm³/mol. The van der Waals surface area contributed by atoms with Gasteiger partial charge in [0.05, 0.1) is 39.3 Å². The molecule has 0 radical (unpaired) electrons. The highest BCUT2D eigenvalue weighted by atomic mass is 16.4. The Labute approximate surface area is 184 Å². The van der Waals surface area contributed by atoms with Gasteiger partial charge in [0, 0.05) is 6.42 Å². The summed E-state index contributed by atoms with van der Waals surface area (Å²) in [6, 6.07) is 0. The van der Waals surface area contributed by atoms with Crippen LogP contribution >= 0.6 is 0 Å². The number of hydrogen-bond acceptors (Lipinski definition) is 4. The van der Waals surface area contributed by atoms with Gasteiger partial charge in [-0.1, -0.05) is 64.0 Å². The number of aliphatic carboxylic acids is 1. The van der Waals surface area contributed by atoms with E-state index in [-0.39, 0.29) is 18.6 Å². The number of allylic oxidation sites excluding steroid dienone is 1. The molecule has 0 bridgehead atoms. The fourth-order valence-corrected chi connectivity index (χ4v) is 3.39. The molecule has 2 N–H and O–H groups in total. The molecule has 0 aliphatic carbocycles. The Hall–Kier alpha value is -1.40. The van der Waals surface area contributed by atoms with Crippen LogP contribution in [0.3, 0.4) is 0 Å². The van der Waals surface area contributed by atoms with Crippen molar-refractivity contribution in [2.24, 2.45) is 0 Å². The molecular formula is C24H46N2O4. The van der Waals surface area contributed by atoms with Gasteiger partial charge >= 0.3 is 0 Å². The van der Waals surface area contributed by atoms with Gasteiger partial charge in [0.25, 0.3) is 0 Å². The first-order chi connectivity index (χ1) is 14.3. The van der Waals surface area contributed by atoms with Crippen LogP contribution in [0.4, 0.5) is 0 Å². The van der Waals surface area contributed by atoms with Crippen LogP contribution in [0.15, 0.2) is 12.2 Å². The summed E-state index contributed by atoms with van der Waals surface area (Å²) in [6.45, 7) is 3.21. The number of amides is 1. The normalized spacial score (nSPS) is 12.9. The number of unbranched alkanes of at least 4 members (excludes halogenated alkanes) is 8. The van der Waals surface area contributed by atoms with E-state index in [2.05, 4.69) is 24.4 Å². The summed E-state index contributed by atoms with van der Waals surface area (Å²) in [5.74, 6) is -1.03. The fraction of sp³-hybridized carbons (Fsp3) is 0.833. The maximum absolute atomic E-state index is 11.8. The zero-order valence-electron chi connectivity index (χ0n) is 19.7. The van der Waals surface area contributed by atoms with Crippen LogP contribution in [0.25, 0.3) is 0 Å². The molecule has 0 aliphatic heterocycles. The van der Waals surface area contributed by atoms with Crippen molar-refractivity contribution in [3.63, 3.8) is 0 Å². The molecule has 0 fully saturated rings. The van der Waals surface area contributed by atoms with Gasteiger partial charge in [-0.3, -0.25) is 4.79 Å². The Morgan fingerprint density at radius 3 is 2.37 bits per heavy atom. The number of carboxylic acid groups (broad SMARTS) is 1. The largest absolute Gasteiger partial charge is 0.544 e. The van der Waals surface area contributed by atoms with Gasteiger partial charge in [-0.2, -0.15) is 0 Å². The van der Waals surface area contributed by atoms with E-state index in [0.717, 1.165) is 51.4 Å². The summed E-state index contributed by atoms with van der Waals surface area (Å²) in [6.07, 6.45) is 17.6. The lowest BCUT2D eigenvalue weighted by Crippen LogP contribution is -2.51. The van der Waals surface area contributed by atoms with Crippen LogP contribution in [0, 0.1) is 0 Å². The number of nitrogens with zero attached hydrogens (tertiary/aromatic N) is 1. The number of carboxylic acids is 1. The third-order valence-corrected chi connectivity index (χ3v) is 5.34. The summed E-state index contributed by atoms with van der Waals surface area (Å²) in [4.78, 5) is 22.5. The second kappa shape index (κ2) is 18.4. The number of hydrogen-bond donors (Lipinski definition) is 2. The lowest BCUT2D eigenvalue weighted by atomic mass is 10.1. The van der Waals surface area contributed by atoms with Gasteiger partial charge in [0.2, 0.25) is 5.91 Å². The molecule has 0 aromatic carbocycles. The van der Waals surface area contributed by atoms with Crippen molar-refractivity contribution in [3.8, 4) is 0 Å². The maximum atomic E-state index is 11.8. The topological polar surface area (TPSA) is 89.5 Å². The van der Waals surface area contributed by atoms with E-state index in [0.29, 0.717) is 24.0 Å². The molecule has 1 amide bonds. The molecule has 176 valence electrons. The van der Waals surface area contributed by atoms with Crippen molar-refractivity contribution >= 4 is 11.9 Å². The molecule has 0 spiro atoms. The Balaban J connectivity index is 3.50. The van der Waals surface area contributed by atoms with E-state index in [1.165, 1.54) is 25.7 Å². The molecular weight excluding hydrogens is 380 g/mol. The van der Waals surface area contributed by atoms with E-state index >= 15 is 0 Å². The van der Waals surface area contributed by atoms with Gasteiger partial charge in [-0.15, -0.1) is 0 Å². The van der Waals surface area contributed by atoms with E-state index in [1.54, 1.807) is 0 Å². The Morgan fingerprint density at radius 1 is 1.00 bits per heavy atom. The van der Waals surface area contributed by atoms with Crippen molar-refractivity contribution in [1.82, 2.24) is 5.32 Å². The second-order valence-electron chi connectivity index (χ2n) is 9.06. The molecule has 30 heavy (non-hydrogen) atoms. The Morgan fingerprint density at radius 2 is 1.67 bits per heavy atom. The lowest BCUT2D eigenvalue weighted by molar-refractivity contribution is -0.883. The first-order valence-electron chi connectivity index (χ1n) is 11.9. The van der Waals surface area contributed by atoms with Gasteiger partial charge in [-0.05, 0) is 32.1 Å². The van der Waals surface area contributed by atoms with Gasteiger partial charge in [0.1, 0.15) is 6.54 Å². The Bertz CT molecular complexity index is 478. The first kappa shape index (κ1) is 28.6. The minimum absolute atomic E-state index is 0.0413. The fourth-order valence-electron chi connectivity index (χ4n) is 3.39. The number of likely N-dealkylation sites (N-methyl/N-ethyl adjacent to an activating group) is 1. The molecule has 0 aromatic heterocycles. The maximum Gasteiger partial charge on any atom is 0.220 e. The third kappa shape index (κ3) is 19.9. The molecule has 0 saturated heterocycles. The van der Waals surface area contributed by atoms with E-state index in [4.69, 9.17) is 0 Å². The van der Waals surface area contributed by atoms with Crippen molar-refractivity contribution in [2.45, 2.75) is 96.5 Å². The molecule has 0 saturated carbocycles. The van der Waals surface area contributed by atoms with Crippen molar-refractivity contribution in [3.05, 3.63) is 12.2 Å². The zero-order chi connectivity index (χ0) is 22.7. The summed E-state index contributed by atoms with van der Waals surface area (Å²) < 4.78 is 0.301. The van der Waals surface area contributed by atoms with Crippen LogP contribution in [0.1, 0.15) is 90.4 Å². The molecule has 0 aliphatic rings. The minimum atomic E-state index is -1.07. The van der Waals surface area contributed by atoms with Crippen LogP contribution in [0.5, 0.6) is 0 Å². The monoisotopic (exact) mass is 426 g/mol. The molecule has 6 heteroatoms. The highest BCUT2D eigenvalue weighted by Crippen LogP contribution is 2.10. The quantitative estimate of drug-likeness (QED) is 0.178. The number of carbonyl (C=O) groups excluding carboxylic acids is 2. The van der Waals surface area contributed by atoms with Crippen LogP contribution in [0.2, 0.25) is 0 Å². The lowest BCUT2D eigenvalue weighted by Gasteiger charge is -2.30. The minimum Gasteiger partial charge on any atom is -0.544 e. The number of quaternary nitrogens is 1. The Kier molecular flexibility index (Phi) is 17.5. The smallest absolute Gasteiger partial charge is 0.220 e. The second-order valence-corrected chi connectivity index (χ2v) is 9.06. The highest BCUT2D eigenvalue weighted by molar-refractivity contribution is 5.75. The van der Waals surface area contributed by atoms with Crippen molar-refractivity contribution in [2.75, 3.05) is 33.7 Å². The predicted octanol–water partition coefficient (Wildman–Crippen LogP) is 2.94. The third-order valence-electron chi connectivity index (χ3n) is 5.34. The molecule has 0 aromatic rings. The van der Waals surface area contributed by atoms with Gasteiger partial charge < -0.3 is 24.8 Å². The van der Waals surface area contributed by atoms with E-state index in [9.17, 15) is 19.8 Å². The van der Waals surface area contributed by atoms with Crippen molar-refractivity contribution < 1.29 is 24.3 Å². The first-order valence-corrected chi connectivity index (χ1v) is 11.9. The summed E-state index contributed by atoms with van der Waals surface area (Å²) >= 11 is 0. The average molecular weight is 427 g/mol. The standard InChI is InChI=1S/C24H46N2O4/c1-4-5-6-13-16-22(27)17-14-11-9-7-8-10-12-15-18-23(28)25-19-20-26(2,3)21-24(29)30/h11,14,22,27H,4-10,12-13,15-21H2,1-3H3,(H-,25,28,29,30)/b14-11-/t22-/m1/s1. The summed E-state index contributed by atoms with van der Waals surface area (Å²) in [5.41, 5.74) is 0. The molecule has 0 unspecified atom stereocenters. The average Bonchev–Trinajstić information content (AvgIpc) is 2.65. The van der Waals surface area contributed by atoms with E-state index < -0.39 is 5.97 Å². The van der Waals surface area contributed by atoms with Crippen LogP contribution in [-0.2, 0) is 9.59 Å². The van der Waals surface area contributed by atoms with Gasteiger partial charge in [0.15, 0.2) is 0 Å². The molecule has 0 rings (SSSR count). The van der Waals surface area contributed by atoms with Crippen molar-refractivity contribution in [1.29, 1.82) is 0 Å². The number of carbonyl (C=O) groups is 2. The SMILES string of the molecule is CCCCCC[C@@H](O)C/C=C\CCCCCCCC(=O)NCC[N+](C)(C)CC(=O)[O-]. The number of rotatable bonds is 20. The number of nitrogens with one attached hydrogen (secondary N) is 1. The van der Waals surface area contributed by atoms with E-state index in [1.807, 2.05) is 14.1 Å². The highest BCUT2D eigenvalue weighted by Gasteiger charge is 2.15. The van der Waals surface area contributed by atoms with Crippen LogP contribution in [-0.4, -0.2) is 61.3 Å².